The lowest BCUT2D eigenvalue weighted by Gasteiger charge is -2.08. The van der Waals surface area contributed by atoms with Crippen LogP contribution in [0.5, 0.6) is 5.75 Å². The lowest BCUT2D eigenvalue weighted by Crippen LogP contribution is -2.04. The van der Waals surface area contributed by atoms with Gasteiger partial charge in [-0.25, -0.2) is 4.98 Å². The highest BCUT2D eigenvalue weighted by Gasteiger charge is 2.10. The first-order chi connectivity index (χ1) is 8.78. The molecule has 1 heterocycles. The number of nitrogens with zero attached hydrogens (tertiary/aromatic N) is 1. The Kier molecular flexibility index (Phi) is 4.33. The van der Waals surface area contributed by atoms with Gasteiger partial charge in [-0.3, -0.25) is 0 Å². The summed E-state index contributed by atoms with van der Waals surface area (Å²) >= 11 is 1.67. The van der Waals surface area contributed by atoms with Crippen LogP contribution in [-0.4, -0.2) is 19.1 Å². The molecule has 0 fully saturated rings. The van der Waals surface area contributed by atoms with Gasteiger partial charge in [-0.2, -0.15) is 0 Å². The van der Waals surface area contributed by atoms with E-state index in [9.17, 15) is 0 Å². The number of hydrogen-bond donors (Lipinski definition) is 1. The van der Waals surface area contributed by atoms with Crippen LogP contribution in [0.1, 0.15) is 17.5 Å². The van der Waals surface area contributed by atoms with Crippen molar-refractivity contribution in [2.75, 3.05) is 14.2 Å². The van der Waals surface area contributed by atoms with Crippen LogP contribution in [0.25, 0.3) is 11.3 Å². The summed E-state index contributed by atoms with van der Waals surface area (Å²) in [5.74, 6) is 0.883. The molecule has 0 unspecified atom stereocenters. The van der Waals surface area contributed by atoms with Crippen molar-refractivity contribution in [3.63, 3.8) is 0 Å². The van der Waals surface area contributed by atoms with E-state index in [2.05, 4.69) is 34.7 Å². The van der Waals surface area contributed by atoms with E-state index >= 15 is 0 Å². The van der Waals surface area contributed by atoms with Gasteiger partial charge in [-0.1, -0.05) is 13.0 Å². The monoisotopic (exact) mass is 262 g/mol. The molecule has 96 valence electrons. The molecule has 18 heavy (non-hydrogen) atoms. The summed E-state index contributed by atoms with van der Waals surface area (Å²) in [6.07, 6.45) is 1.02. The zero-order chi connectivity index (χ0) is 13.0. The summed E-state index contributed by atoms with van der Waals surface area (Å²) in [5.41, 5.74) is 3.38. The maximum absolute atomic E-state index is 5.42. The summed E-state index contributed by atoms with van der Waals surface area (Å²) in [5, 5.41) is 6.30. The first kappa shape index (κ1) is 13.1. The van der Waals surface area contributed by atoms with Gasteiger partial charge in [0.25, 0.3) is 0 Å². The summed E-state index contributed by atoms with van der Waals surface area (Å²) < 4.78 is 5.42. The molecule has 2 aromatic rings. The Morgan fingerprint density at radius 2 is 2.22 bits per heavy atom. The maximum atomic E-state index is 5.42. The van der Waals surface area contributed by atoms with E-state index in [0.717, 1.165) is 35.0 Å². The first-order valence-corrected chi connectivity index (χ1v) is 6.92. The van der Waals surface area contributed by atoms with Crippen LogP contribution in [0.3, 0.4) is 0 Å². The zero-order valence-electron chi connectivity index (χ0n) is 11.0. The largest absolute Gasteiger partial charge is 0.496 e. The van der Waals surface area contributed by atoms with Crippen molar-refractivity contribution in [2.45, 2.75) is 19.9 Å². The molecule has 0 atom stereocenters. The van der Waals surface area contributed by atoms with Crippen molar-refractivity contribution in [3.8, 4) is 17.0 Å². The molecule has 3 nitrogen and oxygen atoms in total. The summed E-state index contributed by atoms with van der Waals surface area (Å²) in [6.45, 7) is 2.96. The molecule has 0 amide bonds. The quantitative estimate of drug-likeness (QED) is 0.899. The second-order valence-corrected chi connectivity index (χ2v) is 4.99. The van der Waals surface area contributed by atoms with Crippen molar-refractivity contribution < 1.29 is 4.74 Å². The SMILES string of the molecule is CCc1ccc(OC)c(-c2csc(CNC)n2)c1. The second kappa shape index (κ2) is 5.98. The minimum absolute atomic E-state index is 0.806. The van der Waals surface area contributed by atoms with Gasteiger partial charge in [0, 0.05) is 17.5 Å². The summed E-state index contributed by atoms with van der Waals surface area (Å²) in [7, 11) is 3.63. The molecule has 4 heteroatoms. The number of benzene rings is 1. The van der Waals surface area contributed by atoms with Crippen LogP contribution < -0.4 is 10.1 Å². The average molecular weight is 262 g/mol. The molecule has 1 aromatic heterocycles. The lowest BCUT2D eigenvalue weighted by atomic mass is 10.1. The molecule has 0 aliphatic carbocycles. The minimum atomic E-state index is 0.806. The Morgan fingerprint density at radius 3 is 2.89 bits per heavy atom. The third-order valence-corrected chi connectivity index (χ3v) is 3.68. The van der Waals surface area contributed by atoms with E-state index in [1.807, 2.05) is 13.1 Å². The van der Waals surface area contributed by atoms with E-state index in [1.165, 1.54) is 5.56 Å². The van der Waals surface area contributed by atoms with Crippen molar-refractivity contribution in [3.05, 3.63) is 34.2 Å². The van der Waals surface area contributed by atoms with Gasteiger partial charge < -0.3 is 10.1 Å². The molecule has 0 saturated heterocycles. The molecule has 0 spiro atoms. The van der Waals surface area contributed by atoms with Crippen LogP contribution in [0, 0.1) is 0 Å². The molecular weight excluding hydrogens is 244 g/mol. The number of thiazole rings is 1. The predicted octanol–water partition coefficient (Wildman–Crippen LogP) is 3.10. The molecule has 0 aliphatic heterocycles. The number of rotatable bonds is 5. The van der Waals surface area contributed by atoms with Gasteiger partial charge in [0.2, 0.25) is 0 Å². The Labute approximate surface area is 112 Å². The Morgan fingerprint density at radius 1 is 1.39 bits per heavy atom. The van der Waals surface area contributed by atoms with E-state index < -0.39 is 0 Å². The molecule has 1 aromatic carbocycles. The summed E-state index contributed by atoms with van der Waals surface area (Å²) in [4.78, 5) is 4.63. The number of aromatic nitrogens is 1. The van der Waals surface area contributed by atoms with Crippen LogP contribution in [0.2, 0.25) is 0 Å². The Hall–Kier alpha value is -1.39. The highest BCUT2D eigenvalue weighted by molar-refractivity contribution is 7.09. The zero-order valence-corrected chi connectivity index (χ0v) is 11.8. The number of hydrogen-bond acceptors (Lipinski definition) is 4. The number of nitrogens with one attached hydrogen (secondary N) is 1. The van der Waals surface area contributed by atoms with Crippen molar-refractivity contribution in [1.82, 2.24) is 10.3 Å². The van der Waals surface area contributed by atoms with Gasteiger partial charge in [0.1, 0.15) is 10.8 Å². The van der Waals surface area contributed by atoms with Crippen LogP contribution in [0.4, 0.5) is 0 Å². The molecule has 0 aliphatic rings. The number of methoxy groups -OCH3 is 1. The van der Waals surface area contributed by atoms with Gasteiger partial charge in [-0.05, 0) is 31.2 Å². The van der Waals surface area contributed by atoms with E-state index in [1.54, 1.807) is 18.4 Å². The third kappa shape index (κ3) is 2.71. The van der Waals surface area contributed by atoms with Crippen molar-refractivity contribution in [2.24, 2.45) is 0 Å². The number of aryl methyl sites for hydroxylation is 1. The standard InChI is InChI=1S/C14H18N2OS/c1-4-10-5-6-13(17-3)11(7-10)12-9-18-14(16-12)8-15-2/h5-7,9,15H,4,8H2,1-3H3. The van der Waals surface area contributed by atoms with Gasteiger partial charge in [0.15, 0.2) is 0 Å². The van der Waals surface area contributed by atoms with E-state index in [0.29, 0.717) is 0 Å². The second-order valence-electron chi connectivity index (χ2n) is 4.05. The molecule has 0 bridgehead atoms. The van der Waals surface area contributed by atoms with E-state index in [4.69, 9.17) is 4.74 Å². The van der Waals surface area contributed by atoms with Crippen molar-refractivity contribution in [1.29, 1.82) is 0 Å². The van der Waals surface area contributed by atoms with Crippen LogP contribution in [-0.2, 0) is 13.0 Å². The Balaban J connectivity index is 2.40. The van der Waals surface area contributed by atoms with Gasteiger partial charge >= 0.3 is 0 Å². The topological polar surface area (TPSA) is 34.1 Å². The highest BCUT2D eigenvalue weighted by atomic mass is 32.1. The predicted molar refractivity (Wildman–Crippen MR) is 76.2 cm³/mol. The van der Waals surface area contributed by atoms with Gasteiger partial charge in [0.05, 0.1) is 12.8 Å². The summed E-state index contributed by atoms with van der Waals surface area (Å²) in [6, 6.07) is 6.28. The molecule has 1 N–H and O–H groups in total. The third-order valence-electron chi connectivity index (χ3n) is 2.83. The van der Waals surface area contributed by atoms with Gasteiger partial charge in [-0.15, -0.1) is 11.3 Å². The van der Waals surface area contributed by atoms with Crippen molar-refractivity contribution >= 4 is 11.3 Å². The fraction of sp³-hybridized carbons (Fsp3) is 0.357. The smallest absolute Gasteiger partial charge is 0.128 e. The fourth-order valence-corrected chi connectivity index (χ4v) is 2.65. The highest BCUT2D eigenvalue weighted by Crippen LogP contribution is 2.31. The van der Waals surface area contributed by atoms with E-state index in [-0.39, 0.29) is 0 Å². The fourth-order valence-electron chi connectivity index (χ4n) is 1.84. The lowest BCUT2D eigenvalue weighted by molar-refractivity contribution is 0.416. The first-order valence-electron chi connectivity index (χ1n) is 6.04. The maximum Gasteiger partial charge on any atom is 0.128 e. The normalized spacial score (nSPS) is 10.6. The van der Waals surface area contributed by atoms with Crippen LogP contribution in [0.15, 0.2) is 23.6 Å². The molecule has 0 saturated carbocycles. The molecular formula is C14H18N2OS. The number of ether oxygens (including phenoxy) is 1. The Bertz CT molecular complexity index is 522. The minimum Gasteiger partial charge on any atom is -0.496 e. The average Bonchev–Trinajstić information content (AvgIpc) is 2.87. The molecule has 0 radical (unpaired) electrons. The van der Waals surface area contributed by atoms with Crippen LogP contribution >= 0.6 is 11.3 Å². The molecule has 2 rings (SSSR count).